The second-order valence-corrected chi connectivity index (χ2v) is 3.93. The van der Waals surface area contributed by atoms with E-state index < -0.39 is 12.0 Å². The van der Waals surface area contributed by atoms with Crippen molar-refractivity contribution in [3.05, 3.63) is 5.21 Å². The average molecular weight is 230 g/mol. The second-order valence-electron chi connectivity index (χ2n) is 3.93. The maximum atomic E-state index is 11.6. The Kier molecular flexibility index (Phi) is 5.01. The topological polar surface area (TPSA) is 74.0 Å². The Morgan fingerprint density at radius 2 is 2.00 bits per heavy atom. The van der Waals surface area contributed by atoms with Crippen LogP contribution >= 0.6 is 0 Å². The summed E-state index contributed by atoms with van der Waals surface area (Å²) in [6.07, 6.45) is 4.96. The summed E-state index contributed by atoms with van der Waals surface area (Å²) in [6, 6.07) is -0.870. The first-order valence-electron chi connectivity index (χ1n) is 5.49. The number of carbonyl (C=O) groups excluding carboxylic acids is 1. The highest BCUT2D eigenvalue weighted by Gasteiger charge is 2.39. The molecule has 1 fully saturated rings. The summed E-state index contributed by atoms with van der Waals surface area (Å²) in [5.74, 6) is -0.528. The SMILES string of the molecule is CO/N=[N+](\[O-])C(C(=O)OC)C1CCCCC1. The molecule has 1 atom stereocenters. The molecule has 0 aromatic carbocycles. The summed E-state index contributed by atoms with van der Waals surface area (Å²) < 4.78 is 4.64. The summed E-state index contributed by atoms with van der Waals surface area (Å²) in [7, 11) is 2.55. The molecule has 1 unspecified atom stereocenters. The quantitative estimate of drug-likeness (QED) is 0.318. The van der Waals surface area contributed by atoms with Crippen molar-refractivity contribution < 1.29 is 19.2 Å². The van der Waals surface area contributed by atoms with Gasteiger partial charge >= 0.3 is 5.97 Å². The fourth-order valence-electron chi connectivity index (χ4n) is 2.16. The first-order valence-corrected chi connectivity index (χ1v) is 5.49. The molecule has 0 spiro atoms. The van der Waals surface area contributed by atoms with Crippen molar-refractivity contribution in [2.75, 3.05) is 14.2 Å². The van der Waals surface area contributed by atoms with Crippen molar-refractivity contribution >= 4 is 5.97 Å². The average Bonchev–Trinajstić information content (AvgIpc) is 2.31. The molecule has 1 rings (SSSR count). The van der Waals surface area contributed by atoms with E-state index in [-0.39, 0.29) is 5.92 Å². The smallest absolute Gasteiger partial charge is 0.379 e. The number of nitrogens with zero attached hydrogens (tertiary/aromatic N) is 2. The Morgan fingerprint density at radius 3 is 2.50 bits per heavy atom. The van der Waals surface area contributed by atoms with Crippen LogP contribution in [-0.2, 0) is 14.4 Å². The lowest BCUT2D eigenvalue weighted by Crippen LogP contribution is -2.39. The normalized spacial score (nSPS) is 20.2. The molecule has 92 valence electrons. The van der Waals surface area contributed by atoms with E-state index in [2.05, 4.69) is 14.9 Å². The van der Waals surface area contributed by atoms with Gasteiger partial charge in [-0.15, -0.1) is 0 Å². The van der Waals surface area contributed by atoms with Crippen LogP contribution in [0.1, 0.15) is 32.1 Å². The minimum Gasteiger partial charge on any atom is -0.597 e. The van der Waals surface area contributed by atoms with Gasteiger partial charge in [0.15, 0.2) is 0 Å². The third kappa shape index (κ3) is 3.08. The third-order valence-corrected chi connectivity index (χ3v) is 2.94. The van der Waals surface area contributed by atoms with Gasteiger partial charge < -0.3 is 14.8 Å². The molecule has 1 aliphatic carbocycles. The van der Waals surface area contributed by atoms with Crippen LogP contribution < -0.4 is 0 Å². The van der Waals surface area contributed by atoms with Gasteiger partial charge in [0.05, 0.1) is 7.11 Å². The standard InChI is InChI=1S/C10H18N2O4/c1-15-10(13)9(12(14)11-16-2)8-6-4-3-5-7-8/h8-9H,3-7H2,1-2H3/b12-11-. The molecule has 1 aliphatic rings. The number of esters is 1. The highest BCUT2D eigenvalue weighted by Crippen LogP contribution is 2.28. The van der Waals surface area contributed by atoms with E-state index in [0.717, 1.165) is 32.1 Å². The lowest BCUT2D eigenvalue weighted by Gasteiger charge is -2.24. The van der Waals surface area contributed by atoms with E-state index >= 15 is 0 Å². The van der Waals surface area contributed by atoms with Crippen LogP contribution in [0.5, 0.6) is 0 Å². The van der Waals surface area contributed by atoms with E-state index in [9.17, 15) is 10.0 Å². The van der Waals surface area contributed by atoms with Gasteiger partial charge in [-0.25, -0.2) is 4.79 Å². The molecule has 0 saturated heterocycles. The number of hydrogen-bond acceptors (Lipinski definition) is 5. The van der Waals surface area contributed by atoms with Crippen molar-refractivity contribution in [1.82, 2.24) is 0 Å². The van der Waals surface area contributed by atoms with Crippen LogP contribution in [0.25, 0.3) is 0 Å². The van der Waals surface area contributed by atoms with E-state index in [0.29, 0.717) is 4.86 Å². The molecule has 0 N–H and O–H groups in total. The first-order chi connectivity index (χ1) is 7.70. The molecule has 0 bridgehead atoms. The third-order valence-electron chi connectivity index (χ3n) is 2.94. The Bertz CT molecular complexity index is 262. The number of rotatable bonds is 4. The summed E-state index contributed by atoms with van der Waals surface area (Å²) in [6.45, 7) is 0. The molecule has 16 heavy (non-hydrogen) atoms. The zero-order chi connectivity index (χ0) is 12.0. The van der Waals surface area contributed by atoms with Gasteiger partial charge in [0.2, 0.25) is 5.28 Å². The number of ether oxygens (including phenoxy) is 1. The molecule has 0 amide bonds. The molecular formula is C10H18N2O4. The minimum absolute atomic E-state index is 0.0117. The van der Waals surface area contributed by atoms with Crippen molar-refractivity contribution in [3.8, 4) is 0 Å². The van der Waals surface area contributed by atoms with Gasteiger partial charge in [-0.2, -0.15) is 0 Å². The summed E-state index contributed by atoms with van der Waals surface area (Å²) in [5, 5.41) is 14.8. The fraction of sp³-hybridized carbons (Fsp3) is 0.900. The number of methoxy groups -OCH3 is 1. The summed E-state index contributed by atoms with van der Waals surface area (Å²) in [4.78, 5) is 16.3. The van der Waals surface area contributed by atoms with Crippen LogP contribution in [0.4, 0.5) is 0 Å². The van der Waals surface area contributed by atoms with Crippen molar-refractivity contribution in [3.63, 3.8) is 0 Å². The van der Waals surface area contributed by atoms with Gasteiger partial charge in [-0.1, -0.05) is 19.3 Å². The molecule has 6 nitrogen and oxygen atoms in total. The Morgan fingerprint density at radius 1 is 1.38 bits per heavy atom. The number of carbonyl (C=O) groups is 1. The molecule has 0 aromatic rings. The van der Waals surface area contributed by atoms with Crippen molar-refractivity contribution in [1.29, 1.82) is 0 Å². The second kappa shape index (κ2) is 6.30. The lowest BCUT2D eigenvalue weighted by atomic mass is 9.84. The Hall–Kier alpha value is -1.33. The monoisotopic (exact) mass is 230 g/mol. The lowest BCUT2D eigenvalue weighted by molar-refractivity contribution is -0.590. The number of hydrogen-bond donors (Lipinski definition) is 0. The molecule has 0 aromatic heterocycles. The molecule has 0 heterocycles. The Balaban J connectivity index is 2.77. The van der Waals surface area contributed by atoms with Crippen LogP contribution in [0.15, 0.2) is 5.28 Å². The molecule has 0 aliphatic heterocycles. The zero-order valence-corrected chi connectivity index (χ0v) is 9.72. The highest BCUT2D eigenvalue weighted by molar-refractivity contribution is 5.74. The van der Waals surface area contributed by atoms with Gasteiger partial charge in [0.25, 0.3) is 6.04 Å². The number of hydroxylamine groups is 1. The fourth-order valence-corrected chi connectivity index (χ4v) is 2.16. The van der Waals surface area contributed by atoms with Gasteiger partial charge in [-0.05, 0) is 17.7 Å². The van der Waals surface area contributed by atoms with E-state index in [4.69, 9.17) is 0 Å². The predicted octanol–water partition coefficient (Wildman–Crippen LogP) is 1.63. The van der Waals surface area contributed by atoms with Crippen LogP contribution in [0.2, 0.25) is 0 Å². The first kappa shape index (κ1) is 12.7. The van der Waals surface area contributed by atoms with E-state index in [1.54, 1.807) is 0 Å². The molecule has 0 radical (unpaired) electrons. The highest BCUT2D eigenvalue weighted by atomic mass is 16.7. The van der Waals surface area contributed by atoms with Crippen LogP contribution in [0.3, 0.4) is 0 Å². The van der Waals surface area contributed by atoms with Crippen LogP contribution in [-0.4, -0.2) is 31.1 Å². The summed E-state index contributed by atoms with van der Waals surface area (Å²) in [5.41, 5.74) is 0. The van der Waals surface area contributed by atoms with Gasteiger partial charge in [-0.3, -0.25) is 0 Å². The molecular weight excluding hydrogens is 212 g/mol. The Labute approximate surface area is 94.8 Å². The maximum absolute atomic E-state index is 11.6. The van der Waals surface area contributed by atoms with Crippen LogP contribution in [0, 0.1) is 11.1 Å². The van der Waals surface area contributed by atoms with E-state index in [1.165, 1.54) is 14.2 Å². The van der Waals surface area contributed by atoms with Crippen molar-refractivity contribution in [2.45, 2.75) is 38.1 Å². The predicted molar refractivity (Wildman–Crippen MR) is 55.4 cm³/mol. The van der Waals surface area contributed by atoms with Gasteiger partial charge in [0, 0.05) is 5.92 Å². The summed E-state index contributed by atoms with van der Waals surface area (Å²) >= 11 is 0. The minimum atomic E-state index is -0.870. The van der Waals surface area contributed by atoms with Gasteiger partial charge in [0.1, 0.15) is 7.11 Å². The largest absolute Gasteiger partial charge is 0.597 e. The molecule has 1 saturated carbocycles. The van der Waals surface area contributed by atoms with E-state index in [1.807, 2.05) is 0 Å². The molecule has 6 heteroatoms. The zero-order valence-electron chi connectivity index (χ0n) is 9.72. The van der Waals surface area contributed by atoms with Crippen molar-refractivity contribution in [2.24, 2.45) is 11.2 Å². The maximum Gasteiger partial charge on any atom is 0.379 e.